The molecule has 0 saturated carbocycles. The first-order valence-corrected chi connectivity index (χ1v) is 10.5. The quantitative estimate of drug-likeness (QED) is 0.626. The number of esters is 1. The number of nitrogens with one attached hydrogen (secondary N) is 1. The Morgan fingerprint density at radius 3 is 2.07 bits per heavy atom. The first kappa shape index (κ1) is 22.4. The fourth-order valence-electron chi connectivity index (χ4n) is 2.57. The van der Waals surface area contributed by atoms with E-state index in [1.807, 2.05) is 0 Å². The van der Waals surface area contributed by atoms with Gasteiger partial charge in [0.15, 0.2) is 6.61 Å². The van der Waals surface area contributed by atoms with Crippen LogP contribution in [0, 0.1) is 0 Å². The van der Waals surface area contributed by atoms with E-state index in [2.05, 4.69) is 10.1 Å². The SMILES string of the molecule is CCN(CC)S(=O)(=O)c1ccc(OCC(=O)Nc2ccc(C(=O)OC)cc2)cc1. The summed E-state index contributed by atoms with van der Waals surface area (Å²) in [4.78, 5) is 23.6. The Balaban J connectivity index is 1.93. The van der Waals surface area contributed by atoms with Gasteiger partial charge in [0.05, 0.1) is 17.6 Å². The van der Waals surface area contributed by atoms with Crippen molar-refractivity contribution in [3.8, 4) is 5.75 Å². The molecule has 0 unspecified atom stereocenters. The highest BCUT2D eigenvalue weighted by atomic mass is 32.2. The van der Waals surface area contributed by atoms with Gasteiger partial charge in [0, 0.05) is 18.8 Å². The summed E-state index contributed by atoms with van der Waals surface area (Å²) in [6, 6.07) is 12.2. The van der Waals surface area contributed by atoms with E-state index in [4.69, 9.17) is 4.74 Å². The zero-order valence-corrected chi connectivity index (χ0v) is 17.4. The average Bonchev–Trinajstić information content (AvgIpc) is 2.73. The number of carbonyl (C=O) groups excluding carboxylic acids is 2. The van der Waals surface area contributed by atoms with Gasteiger partial charge in [-0.1, -0.05) is 13.8 Å². The standard InChI is InChI=1S/C20H24N2O6S/c1-4-22(5-2)29(25,26)18-12-10-17(11-13-18)28-14-19(23)21-16-8-6-15(7-9-16)20(24)27-3/h6-13H,4-5,14H2,1-3H3,(H,21,23). The molecule has 0 radical (unpaired) electrons. The van der Waals surface area contributed by atoms with Crippen molar-refractivity contribution in [2.75, 3.05) is 32.1 Å². The Hall–Kier alpha value is -2.91. The van der Waals surface area contributed by atoms with Crippen LogP contribution in [0.15, 0.2) is 53.4 Å². The lowest BCUT2D eigenvalue weighted by Crippen LogP contribution is -2.30. The molecule has 0 atom stereocenters. The van der Waals surface area contributed by atoms with Crippen molar-refractivity contribution in [2.24, 2.45) is 0 Å². The van der Waals surface area contributed by atoms with Gasteiger partial charge >= 0.3 is 5.97 Å². The van der Waals surface area contributed by atoms with Crippen LogP contribution in [0.5, 0.6) is 5.75 Å². The lowest BCUT2D eigenvalue weighted by molar-refractivity contribution is -0.118. The predicted octanol–water partition coefficient (Wildman–Crippen LogP) is 2.52. The maximum Gasteiger partial charge on any atom is 0.337 e. The lowest BCUT2D eigenvalue weighted by Gasteiger charge is -2.18. The van der Waals surface area contributed by atoms with Crippen molar-refractivity contribution >= 4 is 27.6 Å². The molecule has 0 aliphatic rings. The molecule has 2 rings (SSSR count). The van der Waals surface area contributed by atoms with Crippen molar-refractivity contribution in [3.05, 3.63) is 54.1 Å². The second-order valence-electron chi connectivity index (χ2n) is 5.97. The molecule has 0 heterocycles. The Labute approximate surface area is 170 Å². The van der Waals surface area contributed by atoms with Gasteiger partial charge in [0.1, 0.15) is 5.75 Å². The number of benzene rings is 2. The summed E-state index contributed by atoms with van der Waals surface area (Å²) in [7, 11) is -2.24. The van der Waals surface area contributed by atoms with Gasteiger partial charge in [-0.25, -0.2) is 13.2 Å². The minimum Gasteiger partial charge on any atom is -0.484 e. The van der Waals surface area contributed by atoms with Gasteiger partial charge < -0.3 is 14.8 Å². The maximum atomic E-state index is 12.5. The van der Waals surface area contributed by atoms with E-state index in [1.165, 1.54) is 47.8 Å². The van der Waals surface area contributed by atoms with Crippen LogP contribution in [0.2, 0.25) is 0 Å². The number of hydrogen-bond donors (Lipinski definition) is 1. The minimum absolute atomic E-state index is 0.170. The van der Waals surface area contributed by atoms with Crippen molar-refractivity contribution in [2.45, 2.75) is 18.7 Å². The molecule has 0 bridgehead atoms. The predicted molar refractivity (Wildman–Crippen MR) is 108 cm³/mol. The minimum atomic E-state index is -3.54. The summed E-state index contributed by atoms with van der Waals surface area (Å²) in [6.45, 7) is 4.08. The van der Waals surface area contributed by atoms with Gasteiger partial charge in [0.2, 0.25) is 10.0 Å². The molecule has 1 amide bonds. The number of anilines is 1. The third-order valence-corrected chi connectivity index (χ3v) is 6.19. The summed E-state index contributed by atoms with van der Waals surface area (Å²) < 4.78 is 36.3. The fourth-order valence-corrected chi connectivity index (χ4v) is 4.03. The number of carbonyl (C=O) groups is 2. The van der Waals surface area contributed by atoms with E-state index in [9.17, 15) is 18.0 Å². The van der Waals surface area contributed by atoms with Crippen molar-refractivity contribution in [1.29, 1.82) is 0 Å². The second kappa shape index (κ2) is 10.0. The van der Waals surface area contributed by atoms with Crippen LogP contribution in [-0.4, -0.2) is 51.4 Å². The van der Waals surface area contributed by atoms with Crippen LogP contribution >= 0.6 is 0 Å². The molecule has 2 aromatic rings. The average molecular weight is 420 g/mol. The molecular formula is C20H24N2O6S. The Morgan fingerprint density at radius 1 is 0.966 bits per heavy atom. The molecule has 29 heavy (non-hydrogen) atoms. The molecule has 0 aliphatic heterocycles. The molecule has 156 valence electrons. The van der Waals surface area contributed by atoms with Crippen molar-refractivity contribution in [1.82, 2.24) is 4.31 Å². The first-order valence-electron chi connectivity index (χ1n) is 9.03. The van der Waals surface area contributed by atoms with Crippen LogP contribution in [0.3, 0.4) is 0 Å². The number of ether oxygens (including phenoxy) is 2. The number of methoxy groups -OCH3 is 1. The van der Waals surface area contributed by atoms with E-state index in [0.29, 0.717) is 30.1 Å². The van der Waals surface area contributed by atoms with E-state index in [0.717, 1.165) is 0 Å². The zero-order chi connectivity index (χ0) is 21.4. The summed E-state index contributed by atoms with van der Waals surface area (Å²) in [5.41, 5.74) is 0.883. The molecule has 0 fully saturated rings. The Bertz CT molecular complexity index is 936. The van der Waals surface area contributed by atoms with Crippen LogP contribution in [0.1, 0.15) is 24.2 Å². The second-order valence-corrected chi connectivity index (χ2v) is 7.90. The third-order valence-electron chi connectivity index (χ3n) is 4.13. The highest BCUT2D eigenvalue weighted by molar-refractivity contribution is 7.89. The maximum absolute atomic E-state index is 12.5. The number of amides is 1. The van der Waals surface area contributed by atoms with Crippen molar-refractivity contribution < 1.29 is 27.5 Å². The molecule has 0 spiro atoms. The van der Waals surface area contributed by atoms with Crippen LogP contribution in [-0.2, 0) is 19.6 Å². The van der Waals surface area contributed by atoms with Gasteiger partial charge in [-0.2, -0.15) is 4.31 Å². The highest BCUT2D eigenvalue weighted by Gasteiger charge is 2.21. The summed E-state index contributed by atoms with van der Waals surface area (Å²) in [5.74, 6) is -0.479. The van der Waals surface area contributed by atoms with E-state index < -0.39 is 21.9 Å². The number of nitrogens with zero attached hydrogens (tertiary/aromatic N) is 1. The van der Waals surface area contributed by atoms with Gasteiger partial charge in [-0.15, -0.1) is 0 Å². The van der Waals surface area contributed by atoms with Crippen LogP contribution in [0.25, 0.3) is 0 Å². The lowest BCUT2D eigenvalue weighted by atomic mass is 10.2. The van der Waals surface area contributed by atoms with Gasteiger partial charge in [-0.05, 0) is 48.5 Å². The van der Waals surface area contributed by atoms with Gasteiger partial charge in [0.25, 0.3) is 5.91 Å². The molecule has 0 saturated heterocycles. The molecule has 1 N–H and O–H groups in total. The highest BCUT2D eigenvalue weighted by Crippen LogP contribution is 2.19. The molecular weight excluding hydrogens is 396 g/mol. The largest absolute Gasteiger partial charge is 0.484 e. The number of sulfonamides is 1. The fraction of sp³-hybridized carbons (Fsp3) is 0.300. The summed E-state index contributed by atoms with van der Waals surface area (Å²) in [5, 5.41) is 2.64. The smallest absolute Gasteiger partial charge is 0.337 e. The number of hydrogen-bond acceptors (Lipinski definition) is 6. The third kappa shape index (κ3) is 5.78. The monoisotopic (exact) mass is 420 g/mol. The Morgan fingerprint density at radius 2 is 1.55 bits per heavy atom. The summed E-state index contributed by atoms with van der Waals surface area (Å²) >= 11 is 0. The molecule has 8 nitrogen and oxygen atoms in total. The van der Waals surface area contributed by atoms with Crippen molar-refractivity contribution in [3.63, 3.8) is 0 Å². The molecule has 9 heteroatoms. The molecule has 2 aromatic carbocycles. The van der Waals surface area contributed by atoms with Crippen LogP contribution in [0.4, 0.5) is 5.69 Å². The van der Waals surface area contributed by atoms with Crippen LogP contribution < -0.4 is 10.1 Å². The van der Waals surface area contributed by atoms with E-state index in [-0.39, 0.29) is 11.5 Å². The zero-order valence-electron chi connectivity index (χ0n) is 16.5. The van der Waals surface area contributed by atoms with E-state index >= 15 is 0 Å². The first-order chi connectivity index (χ1) is 13.8. The number of rotatable bonds is 9. The Kier molecular flexibility index (Phi) is 7.74. The topological polar surface area (TPSA) is 102 Å². The normalized spacial score (nSPS) is 11.2. The molecule has 0 aromatic heterocycles. The van der Waals surface area contributed by atoms with E-state index in [1.54, 1.807) is 26.0 Å². The summed E-state index contributed by atoms with van der Waals surface area (Å²) in [6.07, 6.45) is 0. The molecule has 0 aliphatic carbocycles. The van der Waals surface area contributed by atoms with Gasteiger partial charge in [-0.3, -0.25) is 4.79 Å².